The topological polar surface area (TPSA) is 12.0 Å². The van der Waals surface area contributed by atoms with Crippen molar-refractivity contribution in [1.29, 1.82) is 0 Å². The predicted octanol–water partition coefficient (Wildman–Crippen LogP) is 5.01. The molecule has 19 heavy (non-hydrogen) atoms. The Morgan fingerprint density at radius 2 is 2.05 bits per heavy atom. The third kappa shape index (κ3) is 3.11. The summed E-state index contributed by atoms with van der Waals surface area (Å²) in [5, 5.41) is 6.20. The van der Waals surface area contributed by atoms with E-state index in [2.05, 4.69) is 5.32 Å². The summed E-state index contributed by atoms with van der Waals surface area (Å²) in [4.78, 5) is 1.06. The molecule has 0 spiro atoms. The Balaban J connectivity index is 2.29. The van der Waals surface area contributed by atoms with E-state index in [1.165, 1.54) is 6.07 Å². The lowest BCUT2D eigenvalue weighted by Crippen LogP contribution is -2.18. The van der Waals surface area contributed by atoms with E-state index in [4.69, 9.17) is 23.2 Å². The first-order valence-corrected chi connectivity index (χ1v) is 7.51. The van der Waals surface area contributed by atoms with Gasteiger partial charge in [-0.2, -0.15) is 0 Å². The lowest BCUT2D eigenvalue weighted by Gasteiger charge is -2.16. The molecule has 0 radical (unpaired) electrons. The van der Waals surface area contributed by atoms with E-state index in [-0.39, 0.29) is 16.9 Å². The highest BCUT2D eigenvalue weighted by Crippen LogP contribution is 2.35. The summed E-state index contributed by atoms with van der Waals surface area (Å²) in [7, 11) is 1.86. The van der Waals surface area contributed by atoms with Gasteiger partial charge in [0.2, 0.25) is 0 Å². The molecule has 5 heteroatoms. The van der Waals surface area contributed by atoms with E-state index in [0.29, 0.717) is 6.42 Å². The highest BCUT2D eigenvalue weighted by molar-refractivity contribution is 7.10. The molecule has 1 aromatic heterocycles. The Kier molecular flexibility index (Phi) is 4.85. The van der Waals surface area contributed by atoms with E-state index in [9.17, 15) is 4.39 Å². The number of nitrogens with one attached hydrogen (secondary N) is 1. The molecule has 0 saturated heterocycles. The van der Waals surface area contributed by atoms with E-state index in [1.54, 1.807) is 17.4 Å². The van der Waals surface area contributed by atoms with Crippen molar-refractivity contribution in [3.05, 3.63) is 55.4 Å². The van der Waals surface area contributed by atoms with Gasteiger partial charge in [-0.05, 0) is 43.0 Å². The minimum atomic E-state index is -0.387. The number of aryl methyl sites for hydroxylation is 1. The summed E-state index contributed by atoms with van der Waals surface area (Å²) in [5.74, 6) is -0.387. The molecule has 1 atom stereocenters. The van der Waals surface area contributed by atoms with Gasteiger partial charge in [0.1, 0.15) is 5.82 Å². The third-order valence-corrected chi connectivity index (χ3v) is 5.30. The van der Waals surface area contributed by atoms with Crippen LogP contribution in [0.2, 0.25) is 10.0 Å². The maximum Gasteiger partial charge on any atom is 0.142 e. The van der Waals surface area contributed by atoms with Crippen LogP contribution in [-0.2, 0) is 6.42 Å². The summed E-state index contributed by atoms with van der Waals surface area (Å²) < 4.78 is 13.4. The first-order chi connectivity index (χ1) is 9.04. The Hall–Kier alpha value is -0.610. The van der Waals surface area contributed by atoms with Crippen LogP contribution in [0.25, 0.3) is 0 Å². The molecular formula is C14H14Cl2FNS. The Bertz CT molecular complexity index is 583. The molecule has 0 amide bonds. The molecule has 2 aromatic rings. The van der Waals surface area contributed by atoms with Gasteiger partial charge in [0, 0.05) is 10.9 Å². The number of rotatable bonds is 4. The van der Waals surface area contributed by atoms with Crippen LogP contribution in [0.15, 0.2) is 23.6 Å². The van der Waals surface area contributed by atoms with E-state index < -0.39 is 0 Å². The van der Waals surface area contributed by atoms with Gasteiger partial charge in [-0.25, -0.2) is 4.39 Å². The second-order valence-corrected chi connectivity index (χ2v) is 6.02. The molecule has 1 heterocycles. The average Bonchev–Trinajstić information content (AvgIpc) is 2.72. The normalized spacial score (nSPS) is 12.7. The van der Waals surface area contributed by atoms with Crippen molar-refractivity contribution >= 4 is 34.5 Å². The van der Waals surface area contributed by atoms with Crippen LogP contribution in [0.1, 0.15) is 22.0 Å². The van der Waals surface area contributed by atoms with E-state index in [1.807, 2.05) is 25.4 Å². The molecular weight excluding hydrogens is 304 g/mol. The minimum absolute atomic E-state index is 0.0329. The van der Waals surface area contributed by atoms with Gasteiger partial charge in [-0.1, -0.05) is 35.3 Å². The van der Waals surface area contributed by atoms with Gasteiger partial charge in [0.15, 0.2) is 0 Å². The SMILES string of the molecule is CNC(Cc1cccc(F)c1Cl)c1scc(C)c1Cl. The first kappa shape index (κ1) is 14.8. The molecule has 1 nitrogen and oxygen atoms in total. The zero-order valence-corrected chi connectivity index (χ0v) is 13.0. The maximum absolute atomic E-state index is 13.4. The van der Waals surface area contributed by atoms with E-state index in [0.717, 1.165) is 21.0 Å². The van der Waals surface area contributed by atoms with E-state index >= 15 is 0 Å². The van der Waals surface area contributed by atoms with Crippen molar-refractivity contribution < 1.29 is 4.39 Å². The lowest BCUT2D eigenvalue weighted by atomic mass is 10.0. The molecule has 0 aliphatic heterocycles. The zero-order valence-electron chi connectivity index (χ0n) is 10.6. The van der Waals surface area contributed by atoms with Gasteiger partial charge in [0.25, 0.3) is 0 Å². The van der Waals surface area contributed by atoms with Gasteiger partial charge >= 0.3 is 0 Å². The van der Waals surface area contributed by atoms with Crippen LogP contribution < -0.4 is 5.32 Å². The van der Waals surface area contributed by atoms with Crippen LogP contribution in [0.5, 0.6) is 0 Å². The highest BCUT2D eigenvalue weighted by atomic mass is 35.5. The fourth-order valence-electron chi connectivity index (χ4n) is 1.94. The molecule has 0 aliphatic rings. The van der Waals surface area contributed by atoms with Gasteiger partial charge in [-0.15, -0.1) is 11.3 Å². The van der Waals surface area contributed by atoms with Crippen molar-refractivity contribution in [2.45, 2.75) is 19.4 Å². The molecule has 1 N–H and O–H groups in total. The quantitative estimate of drug-likeness (QED) is 0.836. The van der Waals surface area contributed by atoms with Crippen molar-refractivity contribution in [3.63, 3.8) is 0 Å². The summed E-state index contributed by atoms with van der Waals surface area (Å²) in [6, 6.07) is 4.91. The minimum Gasteiger partial charge on any atom is -0.312 e. The maximum atomic E-state index is 13.4. The van der Waals surface area contributed by atoms with Crippen LogP contribution in [-0.4, -0.2) is 7.05 Å². The fourth-order valence-corrected chi connectivity index (χ4v) is 3.58. The first-order valence-electron chi connectivity index (χ1n) is 5.88. The number of halogens is 3. The standard InChI is InChI=1S/C14H14Cl2FNS/c1-8-7-19-14(12(8)15)11(18-2)6-9-4-3-5-10(17)13(9)16/h3-5,7,11,18H,6H2,1-2H3. The third-order valence-electron chi connectivity index (χ3n) is 3.05. The number of benzene rings is 1. The zero-order chi connectivity index (χ0) is 14.0. The number of likely N-dealkylation sites (N-methyl/N-ethyl adjacent to an activating group) is 1. The van der Waals surface area contributed by atoms with Crippen molar-refractivity contribution in [2.24, 2.45) is 0 Å². The predicted molar refractivity (Wildman–Crippen MR) is 81.0 cm³/mol. The van der Waals surface area contributed by atoms with Crippen LogP contribution in [0.3, 0.4) is 0 Å². The second-order valence-electron chi connectivity index (χ2n) is 4.36. The van der Waals surface area contributed by atoms with Gasteiger partial charge in [0.05, 0.1) is 10.0 Å². The molecule has 102 valence electrons. The van der Waals surface area contributed by atoms with Crippen LogP contribution in [0.4, 0.5) is 4.39 Å². The Morgan fingerprint density at radius 3 is 2.63 bits per heavy atom. The fraction of sp³-hybridized carbons (Fsp3) is 0.286. The van der Waals surface area contributed by atoms with Crippen LogP contribution >= 0.6 is 34.5 Å². The molecule has 0 fully saturated rings. The van der Waals surface area contributed by atoms with Crippen molar-refractivity contribution in [2.75, 3.05) is 7.05 Å². The summed E-state index contributed by atoms with van der Waals surface area (Å²) in [6.07, 6.45) is 0.604. The summed E-state index contributed by atoms with van der Waals surface area (Å²) in [6.45, 7) is 1.98. The molecule has 0 aliphatic carbocycles. The molecule has 1 unspecified atom stereocenters. The monoisotopic (exact) mass is 317 g/mol. The molecule has 0 bridgehead atoms. The summed E-state index contributed by atoms with van der Waals surface area (Å²) >= 11 is 13.9. The number of hydrogen-bond donors (Lipinski definition) is 1. The second kappa shape index (κ2) is 6.23. The Morgan fingerprint density at radius 1 is 1.32 bits per heavy atom. The molecule has 0 saturated carbocycles. The van der Waals surface area contributed by atoms with Crippen molar-refractivity contribution in [1.82, 2.24) is 5.32 Å². The largest absolute Gasteiger partial charge is 0.312 e. The molecule has 2 rings (SSSR count). The lowest BCUT2D eigenvalue weighted by molar-refractivity contribution is 0.592. The van der Waals surface area contributed by atoms with Crippen molar-refractivity contribution in [3.8, 4) is 0 Å². The van der Waals surface area contributed by atoms with Crippen LogP contribution in [0, 0.1) is 12.7 Å². The number of hydrogen-bond acceptors (Lipinski definition) is 2. The highest BCUT2D eigenvalue weighted by Gasteiger charge is 2.18. The summed E-state index contributed by atoms with van der Waals surface area (Å²) in [5.41, 5.74) is 1.84. The van der Waals surface area contributed by atoms with Gasteiger partial charge < -0.3 is 5.32 Å². The Labute approximate surface area is 126 Å². The number of thiophene rings is 1. The van der Waals surface area contributed by atoms with Gasteiger partial charge in [-0.3, -0.25) is 0 Å². The smallest absolute Gasteiger partial charge is 0.142 e. The molecule has 1 aromatic carbocycles. The average molecular weight is 318 g/mol.